The Labute approximate surface area is 235 Å². The van der Waals surface area contributed by atoms with Crippen molar-refractivity contribution in [1.82, 2.24) is 9.88 Å². The number of nitrogens with one attached hydrogen (secondary N) is 2. The lowest BCUT2D eigenvalue weighted by Gasteiger charge is -2.33. The molecule has 0 aliphatic carbocycles. The van der Waals surface area contributed by atoms with E-state index >= 15 is 0 Å². The van der Waals surface area contributed by atoms with Crippen LogP contribution in [0.5, 0.6) is 0 Å². The third kappa shape index (κ3) is 8.05. The minimum Gasteiger partial charge on any atom is -0.444 e. The van der Waals surface area contributed by atoms with Crippen LogP contribution in [-0.2, 0) is 22.5 Å². The van der Waals surface area contributed by atoms with Gasteiger partial charge in [-0.25, -0.2) is 9.78 Å². The number of anilines is 3. The first-order valence-electron chi connectivity index (χ1n) is 13.5. The Kier molecular flexibility index (Phi) is 9.04. The Bertz CT molecular complexity index is 1330. The lowest BCUT2D eigenvalue weighted by Crippen LogP contribution is -2.43. The first-order chi connectivity index (χ1) is 19.1. The molecule has 4 N–H and O–H groups in total. The Balaban J connectivity index is 1.32. The fourth-order valence-electron chi connectivity index (χ4n) is 4.57. The van der Waals surface area contributed by atoms with Gasteiger partial charge in [-0.05, 0) is 56.9 Å². The number of aromatic nitrogens is 1. The zero-order valence-corrected chi connectivity index (χ0v) is 23.3. The Morgan fingerprint density at radius 3 is 2.30 bits per heavy atom. The maximum atomic E-state index is 12.9. The second kappa shape index (κ2) is 12.6. The van der Waals surface area contributed by atoms with E-state index in [1.54, 1.807) is 11.0 Å². The number of ether oxygens (including phenoxy) is 1. The topological polar surface area (TPSA) is 127 Å². The normalized spacial score (nSPS) is 13.9. The summed E-state index contributed by atoms with van der Waals surface area (Å²) in [6.07, 6.45) is 2.77. The first-order valence-corrected chi connectivity index (χ1v) is 13.5. The number of Topliss-reactive ketones (excluding diaryl/α,β-unsaturated/α-hetero) is 1. The number of carbonyl (C=O) groups is 3. The summed E-state index contributed by atoms with van der Waals surface area (Å²) in [5.74, 6) is 0.119. The lowest BCUT2D eigenvalue weighted by atomic mass is 9.89. The molecule has 2 aromatic carbocycles. The molecule has 0 radical (unpaired) electrons. The number of piperidine rings is 1. The predicted molar refractivity (Wildman–Crippen MR) is 155 cm³/mol. The molecule has 40 heavy (non-hydrogen) atoms. The van der Waals surface area contributed by atoms with Crippen LogP contribution >= 0.6 is 0 Å². The summed E-state index contributed by atoms with van der Waals surface area (Å²) in [4.78, 5) is 43.1. The van der Waals surface area contributed by atoms with Crippen LogP contribution in [0, 0.1) is 5.92 Å². The van der Waals surface area contributed by atoms with Gasteiger partial charge in [-0.15, -0.1) is 0 Å². The zero-order chi connectivity index (χ0) is 28.7. The summed E-state index contributed by atoms with van der Waals surface area (Å²) >= 11 is 0. The van der Waals surface area contributed by atoms with Crippen molar-refractivity contribution in [2.75, 3.05) is 23.7 Å². The monoisotopic (exact) mass is 543 g/mol. The highest BCUT2D eigenvalue weighted by Crippen LogP contribution is 2.25. The highest BCUT2D eigenvalue weighted by Gasteiger charge is 2.29. The average Bonchev–Trinajstić information content (AvgIpc) is 2.92. The number of rotatable bonds is 9. The molecule has 9 heteroatoms. The minimum absolute atomic E-state index is 0.0636. The summed E-state index contributed by atoms with van der Waals surface area (Å²) in [5, 5.41) is 6.52. The second-order valence-corrected chi connectivity index (χ2v) is 11.0. The van der Waals surface area contributed by atoms with Gasteiger partial charge < -0.3 is 26.0 Å². The van der Waals surface area contributed by atoms with E-state index in [4.69, 9.17) is 10.5 Å². The fourth-order valence-corrected chi connectivity index (χ4v) is 4.57. The number of nitrogens with zero attached hydrogens (tertiary/aromatic N) is 2. The molecule has 2 heterocycles. The molecular formula is C31H37N5O4. The van der Waals surface area contributed by atoms with E-state index in [9.17, 15) is 14.4 Å². The molecule has 4 rings (SSSR count). The number of benzene rings is 2. The molecule has 3 aromatic rings. The van der Waals surface area contributed by atoms with E-state index in [0.717, 1.165) is 16.8 Å². The van der Waals surface area contributed by atoms with Crippen LogP contribution in [0.15, 0.2) is 66.9 Å². The van der Waals surface area contributed by atoms with Crippen LogP contribution < -0.4 is 16.4 Å². The molecule has 2 amide bonds. The molecule has 0 atom stereocenters. The van der Waals surface area contributed by atoms with Crippen LogP contribution in [0.25, 0.3) is 0 Å². The third-order valence-electron chi connectivity index (χ3n) is 6.70. The summed E-state index contributed by atoms with van der Waals surface area (Å²) in [6, 6.07) is 19.2. The SMILES string of the molecule is CC(C)(C)OC(=O)N1CCC(C(=O)Cc2ccc(Nc3cc(NCc4ccccc4)c(C(N)=O)cn3)cc2)CC1. The van der Waals surface area contributed by atoms with Crippen molar-refractivity contribution in [3.63, 3.8) is 0 Å². The number of carbonyl (C=O) groups excluding carboxylic acids is 3. The molecule has 1 aliphatic rings. The average molecular weight is 544 g/mol. The van der Waals surface area contributed by atoms with Gasteiger partial charge in [-0.2, -0.15) is 0 Å². The van der Waals surface area contributed by atoms with Crippen LogP contribution in [-0.4, -0.2) is 46.4 Å². The van der Waals surface area contributed by atoms with E-state index in [-0.39, 0.29) is 17.8 Å². The maximum absolute atomic E-state index is 12.9. The summed E-state index contributed by atoms with van der Waals surface area (Å²) in [5.41, 5.74) is 8.72. The standard InChI is InChI=1S/C31H37N5O4/c1-31(2,3)40-30(39)36-15-13-23(14-16-36)27(37)17-21-9-11-24(12-10-21)35-28-18-26(25(20-34-28)29(32)38)33-19-22-7-5-4-6-8-22/h4-12,18,20,23H,13-17,19H2,1-3H3,(H2,32,38)(H2,33,34,35). The number of ketones is 1. The molecule has 1 saturated heterocycles. The van der Waals surface area contributed by atoms with Gasteiger partial charge in [0.05, 0.1) is 11.3 Å². The molecule has 1 aromatic heterocycles. The largest absolute Gasteiger partial charge is 0.444 e. The van der Waals surface area contributed by atoms with Crippen LogP contribution in [0.4, 0.5) is 22.0 Å². The molecule has 0 saturated carbocycles. The Hall–Kier alpha value is -4.40. The number of pyridine rings is 1. The third-order valence-corrected chi connectivity index (χ3v) is 6.70. The van der Waals surface area contributed by atoms with E-state index in [2.05, 4.69) is 15.6 Å². The number of hydrogen-bond acceptors (Lipinski definition) is 7. The van der Waals surface area contributed by atoms with Gasteiger partial charge in [0.1, 0.15) is 17.2 Å². The number of likely N-dealkylation sites (tertiary alicyclic amines) is 1. The van der Waals surface area contributed by atoms with E-state index in [1.165, 1.54) is 6.20 Å². The van der Waals surface area contributed by atoms with Crippen molar-refractivity contribution >= 4 is 35.0 Å². The van der Waals surface area contributed by atoms with E-state index < -0.39 is 11.5 Å². The maximum Gasteiger partial charge on any atom is 0.410 e. The van der Waals surface area contributed by atoms with Gasteiger partial charge in [0.2, 0.25) is 0 Å². The van der Waals surface area contributed by atoms with Crippen LogP contribution in [0.1, 0.15) is 55.1 Å². The predicted octanol–water partition coefficient (Wildman–Crippen LogP) is 5.29. The van der Waals surface area contributed by atoms with Gasteiger partial charge >= 0.3 is 6.09 Å². The highest BCUT2D eigenvalue weighted by atomic mass is 16.6. The number of nitrogens with two attached hydrogens (primary N) is 1. The van der Waals surface area contributed by atoms with Crippen molar-refractivity contribution < 1.29 is 19.1 Å². The van der Waals surface area contributed by atoms with Gasteiger partial charge in [0.15, 0.2) is 0 Å². The number of amides is 2. The van der Waals surface area contributed by atoms with Gasteiger partial charge in [0, 0.05) is 49.9 Å². The van der Waals surface area contributed by atoms with Crippen LogP contribution in [0.2, 0.25) is 0 Å². The van der Waals surface area contributed by atoms with E-state index in [0.29, 0.717) is 56.0 Å². The Morgan fingerprint density at radius 2 is 1.68 bits per heavy atom. The van der Waals surface area contributed by atoms with Crippen molar-refractivity contribution in [1.29, 1.82) is 0 Å². The quantitative estimate of drug-likeness (QED) is 0.334. The van der Waals surface area contributed by atoms with Crippen LogP contribution in [0.3, 0.4) is 0 Å². The van der Waals surface area contributed by atoms with E-state index in [1.807, 2.05) is 75.4 Å². The van der Waals surface area contributed by atoms with Gasteiger partial charge in [-0.3, -0.25) is 9.59 Å². The zero-order valence-electron chi connectivity index (χ0n) is 23.3. The lowest BCUT2D eigenvalue weighted by molar-refractivity contribution is -0.123. The molecule has 1 fully saturated rings. The number of primary amides is 1. The summed E-state index contributed by atoms with van der Waals surface area (Å²) in [7, 11) is 0. The van der Waals surface area contributed by atoms with Crippen molar-refractivity contribution in [2.24, 2.45) is 11.7 Å². The van der Waals surface area contributed by atoms with Gasteiger partial charge in [0.25, 0.3) is 5.91 Å². The summed E-state index contributed by atoms with van der Waals surface area (Å²) in [6.45, 7) is 7.13. The van der Waals surface area contributed by atoms with Gasteiger partial charge in [-0.1, -0.05) is 42.5 Å². The molecule has 1 aliphatic heterocycles. The fraction of sp³-hybridized carbons (Fsp3) is 0.355. The highest BCUT2D eigenvalue weighted by molar-refractivity contribution is 5.98. The second-order valence-electron chi connectivity index (χ2n) is 11.0. The minimum atomic E-state index is -0.556. The summed E-state index contributed by atoms with van der Waals surface area (Å²) < 4.78 is 5.44. The molecule has 0 bridgehead atoms. The van der Waals surface area contributed by atoms with Crippen molar-refractivity contribution in [3.05, 3.63) is 83.6 Å². The number of hydrogen-bond donors (Lipinski definition) is 3. The molecule has 0 unspecified atom stereocenters. The van der Waals surface area contributed by atoms with Crippen molar-refractivity contribution in [2.45, 2.75) is 52.2 Å². The molecule has 210 valence electrons. The molecular weight excluding hydrogens is 506 g/mol. The smallest absolute Gasteiger partial charge is 0.410 e. The molecule has 9 nitrogen and oxygen atoms in total. The Morgan fingerprint density at radius 1 is 1.00 bits per heavy atom. The molecule has 0 spiro atoms. The first kappa shape index (κ1) is 28.6. The van der Waals surface area contributed by atoms with Crippen molar-refractivity contribution in [3.8, 4) is 0 Å².